The fraction of sp³-hybridized carbons (Fsp3) is 0.318. The molecular formula is C22H25N3O6. The standard InChI is InChI=1S/C22H25N3O6/c1-29-17-10-9-16(19(11-17)30-2)14-24-18(12-23-31-3)20(21(24)26)25(22(27)28)13-15-7-5-4-6-8-15/h4-12,18,20H,13-14H2,1-3H3,(H,27,28)/t18-,20?/m1/s1. The molecule has 0 spiro atoms. The van der Waals surface area contributed by atoms with Crippen molar-refractivity contribution in [3.63, 3.8) is 0 Å². The molecule has 0 radical (unpaired) electrons. The van der Waals surface area contributed by atoms with E-state index in [-0.39, 0.29) is 19.0 Å². The maximum Gasteiger partial charge on any atom is 0.408 e. The molecule has 0 aromatic heterocycles. The smallest absolute Gasteiger partial charge is 0.408 e. The molecule has 0 aliphatic carbocycles. The zero-order valence-corrected chi connectivity index (χ0v) is 17.6. The second-order valence-corrected chi connectivity index (χ2v) is 6.91. The number of β-lactam (4-membered cyclic amide) rings is 1. The average molecular weight is 427 g/mol. The third kappa shape index (κ3) is 4.71. The van der Waals surface area contributed by atoms with E-state index in [1.807, 2.05) is 36.4 Å². The number of rotatable bonds is 9. The molecule has 2 aromatic carbocycles. The number of oxime groups is 1. The molecule has 31 heavy (non-hydrogen) atoms. The predicted molar refractivity (Wildman–Crippen MR) is 113 cm³/mol. The zero-order valence-electron chi connectivity index (χ0n) is 17.6. The first-order valence-electron chi connectivity index (χ1n) is 9.61. The molecule has 1 N–H and O–H groups in total. The molecule has 2 aromatic rings. The molecule has 0 bridgehead atoms. The fourth-order valence-electron chi connectivity index (χ4n) is 3.57. The van der Waals surface area contributed by atoms with Gasteiger partial charge in [0.1, 0.15) is 30.7 Å². The second kappa shape index (κ2) is 9.84. The minimum absolute atomic E-state index is 0.0869. The van der Waals surface area contributed by atoms with Crippen LogP contribution in [0.2, 0.25) is 0 Å². The van der Waals surface area contributed by atoms with E-state index in [9.17, 15) is 14.7 Å². The molecule has 1 fully saturated rings. The molecule has 0 saturated carbocycles. The van der Waals surface area contributed by atoms with Crippen LogP contribution in [0.1, 0.15) is 11.1 Å². The number of carbonyl (C=O) groups is 2. The third-order valence-corrected chi connectivity index (χ3v) is 5.15. The summed E-state index contributed by atoms with van der Waals surface area (Å²) in [6, 6.07) is 13.0. The van der Waals surface area contributed by atoms with Crippen LogP contribution >= 0.6 is 0 Å². The number of hydrogen-bond donors (Lipinski definition) is 1. The molecule has 2 atom stereocenters. The molecule has 164 valence electrons. The number of amides is 2. The minimum atomic E-state index is -1.18. The molecule has 3 rings (SSSR count). The predicted octanol–water partition coefficient (Wildman–Crippen LogP) is 2.60. The number of hydrogen-bond acceptors (Lipinski definition) is 6. The summed E-state index contributed by atoms with van der Waals surface area (Å²) in [6.45, 7) is 0.311. The van der Waals surface area contributed by atoms with E-state index >= 15 is 0 Å². The fourth-order valence-corrected chi connectivity index (χ4v) is 3.57. The Bertz CT molecular complexity index is 950. The van der Waals surface area contributed by atoms with Crippen molar-refractivity contribution in [2.45, 2.75) is 25.2 Å². The second-order valence-electron chi connectivity index (χ2n) is 6.91. The Labute approximate surface area is 180 Å². The number of carbonyl (C=O) groups excluding carboxylic acids is 1. The lowest BCUT2D eigenvalue weighted by Gasteiger charge is -2.48. The first kappa shape index (κ1) is 21.9. The van der Waals surface area contributed by atoms with Crippen molar-refractivity contribution >= 4 is 18.2 Å². The van der Waals surface area contributed by atoms with Crippen LogP contribution in [-0.2, 0) is 22.7 Å². The Morgan fingerprint density at radius 1 is 1.16 bits per heavy atom. The van der Waals surface area contributed by atoms with Gasteiger partial charge in [0.2, 0.25) is 5.91 Å². The Kier molecular flexibility index (Phi) is 6.96. The van der Waals surface area contributed by atoms with Gasteiger partial charge in [-0.1, -0.05) is 35.5 Å². The molecule has 9 nitrogen and oxygen atoms in total. The van der Waals surface area contributed by atoms with E-state index in [0.717, 1.165) is 16.0 Å². The Balaban J connectivity index is 1.85. The Morgan fingerprint density at radius 3 is 2.52 bits per heavy atom. The van der Waals surface area contributed by atoms with Gasteiger partial charge >= 0.3 is 6.09 Å². The summed E-state index contributed by atoms with van der Waals surface area (Å²) in [5.41, 5.74) is 1.55. The lowest BCUT2D eigenvalue weighted by Crippen LogP contribution is -2.71. The molecule has 1 aliphatic rings. The number of ether oxygens (including phenoxy) is 2. The van der Waals surface area contributed by atoms with Gasteiger partial charge in [-0.05, 0) is 17.7 Å². The van der Waals surface area contributed by atoms with E-state index in [0.29, 0.717) is 11.5 Å². The average Bonchev–Trinajstić information content (AvgIpc) is 2.79. The quantitative estimate of drug-likeness (QED) is 0.375. The Morgan fingerprint density at radius 2 is 1.90 bits per heavy atom. The molecule has 1 aliphatic heterocycles. The lowest BCUT2D eigenvalue weighted by molar-refractivity contribution is -0.154. The van der Waals surface area contributed by atoms with Crippen molar-refractivity contribution in [1.29, 1.82) is 0 Å². The van der Waals surface area contributed by atoms with Crippen molar-refractivity contribution in [2.75, 3.05) is 21.3 Å². The summed E-state index contributed by atoms with van der Waals surface area (Å²) in [7, 11) is 4.49. The van der Waals surface area contributed by atoms with E-state index in [1.165, 1.54) is 20.4 Å². The summed E-state index contributed by atoms with van der Waals surface area (Å²) in [5.74, 6) is 0.881. The molecule has 1 unspecified atom stereocenters. The van der Waals surface area contributed by atoms with Crippen molar-refractivity contribution in [1.82, 2.24) is 9.80 Å². The van der Waals surface area contributed by atoms with Crippen LogP contribution in [0.25, 0.3) is 0 Å². The number of carboxylic acid groups (broad SMARTS) is 1. The molecule has 9 heteroatoms. The largest absolute Gasteiger partial charge is 0.497 e. The number of methoxy groups -OCH3 is 2. The maximum atomic E-state index is 13.1. The lowest BCUT2D eigenvalue weighted by atomic mass is 9.92. The van der Waals surface area contributed by atoms with Gasteiger partial charge in [-0.2, -0.15) is 0 Å². The number of likely N-dealkylation sites (tertiary alicyclic amines) is 1. The van der Waals surface area contributed by atoms with Gasteiger partial charge < -0.3 is 24.3 Å². The highest BCUT2D eigenvalue weighted by atomic mass is 16.6. The van der Waals surface area contributed by atoms with E-state index in [4.69, 9.17) is 14.3 Å². The van der Waals surface area contributed by atoms with Gasteiger partial charge in [0.05, 0.1) is 27.0 Å². The summed E-state index contributed by atoms with van der Waals surface area (Å²) >= 11 is 0. The van der Waals surface area contributed by atoms with E-state index in [1.54, 1.807) is 24.1 Å². The van der Waals surface area contributed by atoms with Crippen LogP contribution in [0, 0.1) is 0 Å². The van der Waals surface area contributed by atoms with E-state index < -0.39 is 18.2 Å². The van der Waals surface area contributed by atoms with Gasteiger partial charge in [0.25, 0.3) is 0 Å². The summed E-state index contributed by atoms with van der Waals surface area (Å²) in [6.07, 6.45) is 0.267. The van der Waals surface area contributed by atoms with Crippen molar-refractivity contribution in [2.24, 2.45) is 5.16 Å². The van der Waals surface area contributed by atoms with Crippen LogP contribution in [0.15, 0.2) is 53.7 Å². The third-order valence-electron chi connectivity index (χ3n) is 5.15. The van der Waals surface area contributed by atoms with Crippen molar-refractivity contribution < 1.29 is 29.0 Å². The van der Waals surface area contributed by atoms with Crippen LogP contribution in [0.4, 0.5) is 4.79 Å². The molecule has 1 heterocycles. The van der Waals surface area contributed by atoms with E-state index in [2.05, 4.69) is 5.16 Å². The van der Waals surface area contributed by atoms with Gasteiger partial charge in [0.15, 0.2) is 0 Å². The highest BCUT2D eigenvalue weighted by molar-refractivity contribution is 5.98. The zero-order chi connectivity index (χ0) is 22.4. The first-order chi connectivity index (χ1) is 15.0. The number of nitrogens with zero attached hydrogens (tertiary/aromatic N) is 3. The van der Waals surface area contributed by atoms with Crippen molar-refractivity contribution in [3.05, 3.63) is 59.7 Å². The summed E-state index contributed by atoms with van der Waals surface area (Å²) < 4.78 is 10.6. The van der Waals surface area contributed by atoms with Gasteiger partial charge in [-0.25, -0.2) is 4.79 Å². The highest BCUT2D eigenvalue weighted by Gasteiger charge is 2.51. The minimum Gasteiger partial charge on any atom is -0.497 e. The monoisotopic (exact) mass is 427 g/mol. The van der Waals surface area contributed by atoms with Crippen LogP contribution in [0.3, 0.4) is 0 Å². The van der Waals surface area contributed by atoms with Gasteiger partial charge in [0, 0.05) is 18.2 Å². The van der Waals surface area contributed by atoms with Gasteiger partial charge in [-0.3, -0.25) is 9.69 Å². The topological polar surface area (TPSA) is 101 Å². The normalized spacial score (nSPS) is 17.9. The van der Waals surface area contributed by atoms with Crippen molar-refractivity contribution in [3.8, 4) is 11.5 Å². The van der Waals surface area contributed by atoms with Crippen LogP contribution in [0.5, 0.6) is 11.5 Å². The van der Waals surface area contributed by atoms with Crippen LogP contribution in [-0.4, -0.2) is 66.5 Å². The summed E-state index contributed by atoms with van der Waals surface area (Å²) in [5, 5.41) is 13.6. The highest BCUT2D eigenvalue weighted by Crippen LogP contribution is 2.32. The van der Waals surface area contributed by atoms with Gasteiger partial charge in [-0.15, -0.1) is 0 Å². The van der Waals surface area contributed by atoms with Crippen LogP contribution < -0.4 is 9.47 Å². The number of benzene rings is 2. The first-order valence-corrected chi connectivity index (χ1v) is 9.61. The molecule has 2 amide bonds. The molecule has 1 saturated heterocycles. The SMILES string of the molecule is CON=C[C@@H]1C(N(Cc2ccccc2)C(=O)O)C(=O)N1Cc1ccc(OC)cc1OC. The maximum absolute atomic E-state index is 13.1. The summed E-state index contributed by atoms with van der Waals surface area (Å²) in [4.78, 5) is 32.5. The molecular weight excluding hydrogens is 402 g/mol. The Hall–Kier alpha value is -3.75.